The third-order valence-electron chi connectivity index (χ3n) is 6.72. The van der Waals surface area contributed by atoms with Crippen LogP contribution in [0.4, 0.5) is 0 Å². The highest BCUT2D eigenvalue weighted by Gasteiger charge is 2.65. The molecule has 0 aromatic heterocycles. The van der Waals surface area contributed by atoms with Crippen molar-refractivity contribution in [3.63, 3.8) is 0 Å². The minimum atomic E-state index is -1.36. The Balaban J connectivity index is 1.86. The standard InChI is InChI=1S/C29H26N2O4/c1-3-34-27(32)23-19(2)30-25(21-15-9-5-10-16-21)29(24(23)20-13-7-4-8-14-20)26(31-35-28(29)33)22-17-11-6-12-18-22/h4-18,24-25,30H,3H2,1-2H3/t24-,25-,29-/m1/s1. The maximum atomic E-state index is 14.0. The van der Waals surface area contributed by atoms with Crippen molar-refractivity contribution in [2.45, 2.75) is 25.8 Å². The van der Waals surface area contributed by atoms with Gasteiger partial charge in [0.15, 0.2) is 5.41 Å². The van der Waals surface area contributed by atoms with Crippen molar-refractivity contribution in [3.8, 4) is 0 Å². The van der Waals surface area contributed by atoms with E-state index in [1.807, 2.05) is 97.9 Å². The molecule has 2 heterocycles. The molecule has 3 aromatic rings. The minimum Gasteiger partial charge on any atom is -0.463 e. The molecule has 1 spiro atoms. The van der Waals surface area contributed by atoms with E-state index in [0.717, 1.165) is 16.7 Å². The minimum absolute atomic E-state index is 0.219. The normalized spacial score (nSPS) is 23.5. The summed E-state index contributed by atoms with van der Waals surface area (Å²) in [4.78, 5) is 32.9. The van der Waals surface area contributed by atoms with E-state index in [0.29, 0.717) is 17.0 Å². The van der Waals surface area contributed by atoms with E-state index in [9.17, 15) is 9.59 Å². The Bertz CT molecular complexity index is 1300. The molecule has 0 fully saturated rings. The number of hydrogen-bond acceptors (Lipinski definition) is 6. The Kier molecular flexibility index (Phi) is 5.95. The number of ether oxygens (including phenoxy) is 1. The van der Waals surface area contributed by atoms with Crippen molar-refractivity contribution in [2.75, 3.05) is 6.61 Å². The van der Waals surface area contributed by atoms with Crippen LogP contribution in [0.25, 0.3) is 0 Å². The average Bonchev–Trinajstić information content (AvgIpc) is 3.23. The van der Waals surface area contributed by atoms with Crippen molar-refractivity contribution in [1.82, 2.24) is 5.32 Å². The van der Waals surface area contributed by atoms with Gasteiger partial charge in [0.05, 0.1) is 18.2 Å². The fraction of sp³-hybridized carbons (Fsp3) is 0.207. The van der Waals surface area contributed by atoms with E-state index in [1.54, 1.807) is 6.92 Å². The lowest BCUT2D eigenvalue weighted by Crippen LogP contribution is -2.55. The van der Waals surface area contributed by atoms with Crippen LogP contribution < -0.4 is 5.32 Å². The van der Waals surface area contributed by atoms with Gasteiger partial charge in [-0.25, -0.2) is 9.59 Å². The zero-order chi connectivity index (χ0) is 24.4. The SMILES string of the molecule is CCOC(=O)C1=C(C)N[C@H](c2ccccc2)[C@]2(C(=O)ON=C2c2ccccc2)[C@@H]1c1ccccc1. The molecular formula is C29H26N2O4. The summed E-state index contributed by atoms with van der Waals surface area (Å²) in [6.07, 6.45) is 0. The van der Waals surface area contributed by atoms with E-state index >= 15 is 0 Å². The number of nitrogens with one attached hydrogen (secondary N) is 1. The lowest BCUT2D eigenvalue weighted by atomic mass is 9.57. The summed E-state index contributed by atoms with van der Waals surface area (Å²) in [5.41, 5.74) is 2.62. The summed E-state index contributed by atoms with van der Waals surface area (Å²) in [6, 6.07) is 28.3. The molecule has 0 amide bonds. The van der Waals surface area contributed by atoms with Crippen LogP contribution in [0.3, 0.4) is 0 Å². The van der Waals surface area contributed by atoms with Gasteiger partial charge in [0.1, 0.15) is 5.71 Å². The van der Waals surface area contributed by atoms with E-state index < -0.39 is 29.3 Å². The lowest BCUT2D eigenvalue weighted by molar-refractivity contribution is -0.151. The van der Waals surface area contributed by atoms with Gasteiger partial charge >= 0.3 is 11.9 Å². The molecule has 35 heavy (non-hydrogen) atoms. The van der Waals surface area contributed by atoms with Crippen LogP contribution in [-0.4, -0.2) is 24.3 Å². The molecule has 0 bridgehead atoms. The van der Waals surface area contributed by atoms with Crippen LogP contribution in [-0.2, 0) is 19.2 Å². The molecule has 0 saturated heterocycles. The van der Waals surface area contributed by atoms with Crippen LogP contribution in [0, 0.1) is 5.41 Å². The topological polar surface area (TPSA) is 77.0 Å². The Morgan fingerprint density at radius 1 is 0.943 bits per heavy atom. The number of allylic oxidation sites excluding steroid dienone is 1. The number of carbonyl (C=O) groups is 2. The molecule has 2 aliphatic rings. The average molecular weight is 467 g/mol. The van der Waals surface area contributed by atoms with Crippen molar-refractivity contribution in [3.05, 3.63) is 119 Å². The number of rotatable bonds is 5. The van der Waals surface area contributed by atoms with E-state index in [-0.39, 0.29) is 6.61 Å². The highest BCUT2D eigenvalue weighted by Crippen LogP contribution is 2.57. The van der Waals surface area contributed by atoms with Gasteiger partial charge in [-0.3, -0.25) is 0 Å². The van der Waals surface area contributed by atoms with Gasteiger partial charge in [-0.2, -0.15) is 0 Å². The van der Waals surface area contributed by atoms with Gasteiger partial charge in [0.25, 0.3) is 0 Å². The first kappa shape index (κ1) is 22.6. The Hall–Kier alpha value is -4.19. The molecule has 5 rings (SSSR count). The Morgan fingerprint density at radius 2 is 1.51 bits per heavy atom. The quantitative estimate of drug-likeness (QED) is 0.428. The van der Waals surface area contributed by atoms with Crippen molar-refractivity contribution in [2.24, 2.45) is 10.6 Å². The molecule has 176 valence electrons. The maximum Gasteiger partial charge on any atom is 0.350 e. The van der Waals surface area contributed by atoms with Crippen LogP contribution in [0.15, 0.2) is 107 Å². The summed E-state index contributed by atoms with van der Waals surface area (Å²) in [7, 11) is 0. The largest absolute Gasteiger partial charge is 0.463 e. The first-order valence-corrected chi connectivity index (χ1v) is 11.7. The second-order valence-electron chi connectivity index (χ2n) is 8.64. The molecule has 3 atom stereocenters. The molecule has 6 nitrogen and oxygen atoms in total. The molecule has 0 unspecified atom stereocenters. The molecule has 6 heteroatoms. The fourth-order valence-corrected chi connectivity index (χ4v) is 5.30. The van der Waals surface area contributed by atoms with Crippen molar-refractivity contribution < 1.29 is 19.2 Å². The van der Waals surface area contributed by atoms with Gasteiger partial charge < -0.3 is 14.9 Å². The smallest absolute Gasteiger partial charge is 0.350 e. The lowest BCUT2D eigenvalue weighted by Gasteiger charge is -2.46. The summed E-state index contributed by atoms with van der Waals surface area (Å²) < 4.78 is 5.49. The molecular weight excluding hydrogens is 440 g/mol. The first-order valence-electron chi connectivity index (χ1n) is 11.7. The molecule has 0 radical (unpaired) electrons. The molecule has 2 aliphatic heterocycles. The van der Waals surface area contributed by atoms with E-state index in [4.69, 9.17) is 9.57 Å². The van der Waals surface area contributed by atoms with Crippen LogP contribution in [0.1, 0.15) is 42.5 Å². The third-order valence-corrected chi connectivity index (χ3v) is 6.72. The monoisotopic (exact) mass is 466 g/mol. The van der Waals surface area contributed by atoms with Crippen molar-refractivity contribution >= 4 is 17.7 Å². The summed E-state index contributed by atoms with van der Waals surface area (Å²) in [5.74, 6) is -1.67. The van der Waals surface area contributed by atoms with Crippen LogP contribution in [0.2, 0.25) is 0 Å². The summed E-state index contributed by atoms with van der Waals surface area (Å²) >= 11 is 0. The van der Waals surface area contributed by atoms with E-state index in [1.165, 1.54) is 0 Å². The number of esters is 1. The maximum absolute atomic E-state index is 14.0. The van der Waals surface area contributed by atoms with Gasteiger partial charge in [0.2, 0.25) is 0 Å². The highest BCUT2D eigenvalue weighted by atomic mass is 16.7. The highest BCUT2D eigenvalue weighted by molar-refractivity contribution is 6.20. The second-order valence-corrected chi connectivity index (χ2v) is 8.64. The Morgan fingerprint density at radius 3 is 2.11 bits per heavy atom. The first-order chi connectivity index (χ1) is 17.1. The van der Waals surface area contributed by atoms with Gasteiger partial charge in [-0.05, 0) is 25.0 Å². The van der Waals surface area contributed by atoms with Crippen molar-refractivity contribution in [1.29, 1.82) is 0 Å². The predicted molar refractivity (Wildman–Crippen MR) is 132 cm³/mol. The van der Waals surface area contributed by atoms with Gasteiger partial charge in [-0.15, -0.1) is 0 Å². The fourth-order valence-electron chi connectivity index (χ4n) is 5.30. The number of nitrogens with zero attached hydrogens (tertiary/aromatic N) is 1. The van der Waals surface area contributed by atoms with Crippen LogP contribution in [0.5, 0.6) is 0 Å². The Labute approximate surface area is 204 Å². The van der Waals surface area contributed by atoms with Crippen LogP contribution >= 0.6 is 0 Å². The molecule has 1 N–H and O–H groups in total. The number of hydrogen-bond donors (Lipinski definition) is 1. The third kappa shape index (κ3) is 3.62. The number of carbonyl (C=O) groups excluding carboxylic acids is 2. The second kappa shape index (κ2) is 9.22. The van der Waals surface area contributed by atoms with Gasteiger partial charge in [-0.1, -0.05) is 96.2 Å². The van der Waals surface area contributed by atoms with E-state index in [2.05, 4.69) is 10.5 Å². The molecule has 3 aromatic carbocycles. The predicted octanol–water partition coefficient (Wildman–Crippen LogP) is 4.90. The summed E-state index contributed by atoms with van der Waals surface area (Å²) in [6.45, 7) is 3.84. The number of oxime groups is 1. The summed E-state index contributed by atoms with van der Waals surface area (Å²) in [5, 5.41) is 7.81. The zero-order valence-corrected chi connectivity index (χ0v) is 19.6. The number of benzene rings is 3. The molecule has 0 saturated carbocycles. The molecule has 0 aliphatic carbocycles. The zero-order valence-electron chi connectivity index (χ0n) is 19.6. The van der Waals surface area contributed by atoms with Gasteiger partial charge in [0, 0.05) is 17.2 Å².